The third-order valence-corrected chi connectivity index (χ3v) is 3.63. The van der Waals surface area contributed by atoms with E-state index < -0.39 is 5.91 Å². The van der Waals surface area contributed by atoms with Crippen LogP contribution in [-0.4, -0.2) is 30.3 Å². The van der Waals surface area contributed by atoms with E-state index in [-0.39, 0.29) is 18.9 Å². The molecule has 2 N–H and O–H groups in total. The van der Waals surface area contributed by atoms with Gasteiger partial charge in [0.15, 0.2) is 0 Å². The standard InChI is InChI=1S/C19H19N3O3/c1-22(11-5-10-20)19(24)15-7-4-6-14(12-15)13-25-17-9-3-2-8-16(17)18(21)23/h2-4,6-9,12H,5,11,13H2,1H3,(H2,21,23). The Morgan fingerprint density at radius 2 is 1.96 bits per heavy atom. The molecule has 2 rings (SSSR count). The molecule has 0 saturated heterocycles. The number of ether oxygens (including phenoxy) is 1. The van der Waals surface area contributed by atoms with E-state index in [9.17, 15) is 9.59 Å². The second-order valence-electron chi connectivity index (χ2n) is 5.48. The Kier molecular flexibility index (Phi) is 6.13. The van der Waals surface area contributed by atoms with E-state index in [0.717, 1.165) is 5.56 Å². The van der Waals surface area contributed by atoms with Gasteiger partial charge in [-0.05, 0) is 29.8 Å². The van der Waals surface area contributed by atoms with Crippen molar-refractivity contribution < 1.29 is 14.3 Å². The number of hydrogen-bond donors (Lipinski definition) is 1. The fourth-order valence-corrected chi connectivity index (χ4v) is 2.29. The first kappa shape index (κ1) is 18.0. The topological polar surface area (TPSA) is 96.4 Å². The molecular weight excluding hydrogens is 318 g/mol. The SMILES string of the molecule is CN(CCC#N)C(=O)c1cccc(COc2ccccc2C(N)=O)c1. The van der Waals surface area contributed by atoms with Crippen LogP contribution < -0.4 is 10.5 Å². The van der Waals surface area contributed by atoms with Gasteiger partial charge in [-0.25, -0.2) is 0 Å². The van der Waals surface area contributed by atoms with Crippen molar-refractivity contribution in [2.75, 3.05) is 13.6 Å². The van der Waals surface area contributed by atoms with Gasteiger partial charge in [-0.15, -0.1) is 0 Å². The van der Waals surface area contributed by atoms with Crippen molar-refractivity contribution in [3.63, 3.8) is 0 Å². The Bertz CT molecular complexity index is 812. The van der Waals surface area contributed by atoms with Crippen LogP contribution in [0.1, 0.15) is 32.7 Å². The van der Waals surface area contributed by atoms with Crippen molar-refractivity contribution in [3.8, 4) is 11.8 Å². The Morgan fingerprint density at radius 1 is 1.20 bits per heavy atom. The van der Waals surface area contributed by atoms with Crippen LogP contribution in [-0.2, 0) is 6.61 Å². The summed E-state index contributed by atoms with van der Waals surface area (Å²) in [6.07, 6.45) is 0.287. The predicted molar refractivity (Wildman–Crippen MR) is 92.9 cm³/mol. The van der Waals surface area contributed by atoms with Crippen LogP contribution in [0.3, 0.4) is 0 Å². The molecule has 0 aromatic heterocycles. The summed E-state index contributed by atoms with van der Waals surface area (Å²) in [6, 6.07) is 15.8. The number of carbonyl (C=O) groups is 2. The molecule has 0 fully saturated rings. The van der Waals surface area contributed by atoms with Crippen molar-refractivity contribution in [1.82, 2.24) is 4.90 Å². The number of nitrogens with two attached hydrogens (primary N) is 1. The zero-order chi connectivity index (χ0) is 18.2. The van der Waals surface area contributed by atoms with Crippen molar-refractivity contribution in [1.29, 1.82) is 5.26 Å². The highest BCUT2D eigenvalue weighted by Gasteiger charge is 2.12. The van der Waals surface area contributed by atoms with E-state index in [2.05, 4.69) is 0 Å². The fraction of sp³-hybridized carbons (Fsp3) is 0.211. The van der Waals surface area contributed by atoms with E-state index in [1.54, 1.807) is 49.5 Å². The van der Waals surface area contributed by atoms with Gasteiger partial charge in [-0.3, -0.25) is 9.59 Å². The second kappa shape index (κ2) is 8.50. The largest absolute Gasteiger partial charge is 0.488 e. The number of nitrogens with zero attached hydrogens (tertiary/aromatic N) is 2. The molecule has 25 heavy (non-hydrogen) atoms. The number of para-hydroxylation sites is 1. The Hall–Kier alpha value is -3.33. The van der Waals surface area contributed by atoms with Gasteiger partial charge in [-0.1, -0.05) is 24.3 Å². The maximum atomic E-state index is 12.3. The van der Waals surface area contributed by atoms with Gasteiger partial charge in [-0.2, -0.15) is 5.26 Å². The molecule has 6 nitrogen and oxygen atoms in total. The summed E-state index contributed by atoms with van der Waals surface area (Å²) in [7, 11) is 1.66. The Labute approximate surface area is 146 Å². The van der Waals surface area contributed by atoms with Crippen LogP contribution in [0.5, 0.6) is 5.75 Å². The van der Waals surface area contributed by atoms with Crippen LogP contribution in [0.15, 0.2) is 48.5 Å². The fourth-order valence-electron chi connectivity index (χ4n) is 2.29. The van der Waals surface area contributed by atoms with Gasteiger partial charge in [0.25, 0.3) is 11.8 Å². The lowest BCUT2D eigenvalue weighted by Gasteiger charge is -2.16. The number of carbonyl (C=O) groups excluding carboxylic acids is 2. The minimum Gasteiger partial charge on any atom is -0.488 e. The van der Waals surface area contributed by atoms with Crippen LogP contribution in [0, 0.1) is 11.3 Å². The molecule has 0 aliphatic heterocycles. The monoisotopic (exact) mass is 337 g/mol. The molecule has 0 radical (unpaired) electrons. The normalized spacial score (nSPS) is 9.92. The summed E-state index contributed by atoms with van der Waals surface area (Å²) >= 11 is 0. The van der Waals surface area contributed by atoms with E-state index in [1.807, 2.05) is 12.1 Å². The Balaban J connectivity index is 2.09. The summed E-state index contributed by atoms with van der Waals surface area (Å²) in [5.41, 5.74) is 6.95. The number of primary amides is 1. The van der Waals surface area contributed by atoms with Crippen molar-refractivity contribution in [3.05, 3.63) is 65.2 Å². The molecule has 2 aromatic carbocycles. The molecule has 2 aromatic rings. The van der Waals surface area contributed by atoms with Crippen LogP contribution in [0.2, 0.25) is 0 Å². The molecule has 0 unspecified atom stereocenters. The minimum absolute atomic E-state index is 0.158. The first-order valence-corrected chi connectivity index (χ1v) is 7.76. The zero-order valence-corrected chi connectivity index (χ0v) is 13.9. The van der Waals surface area contributed by atoms with Crippen LogP contribution in [0.4, 0.5) is 0 Å². The second-order valence-corrected chi connectivity index (χ2v) is 5.48. The number of hydrogen-bond acceptors (Lipinski definition) is 4. The van der Waals surface area contributed by atoms with Gasteiger partial charge in [0.1, 0.15) is 12.4 Å². The maximum Gasteiger partial charge on any atom is 0.253 e. The lowest BCUT2D eigenvalue weighted by Crippen LogP contribution is -2.27. The van der Waals surface area contributed by atoms with Crippen molar-refractivity contribution in [2.24, 2.45) is 5.73 Å². The lowest BCUT2D eigenvalue weighted by atomic mass is 10.1. The summed E-state index contributed by atoms with van der Waals surface area (Å²) in [4.78, 5) is 25.2. The molecule has 0 bridgehead atoms. The van der Waals surface area contributed by atoms with Gasteiger partial charge in [0.05, 0.1) is 18.1 Å². The summed E-state index contributed by atoms with van der Waals surface area (Å²) < 4.78 is 5.68. The number of nitriles is 1. The quantitative estimate of drug-likeness (QED) is 0.838. The van der Waals surface area contributed by atoms with Gasteiger partial charge in [0.2, 0.25) is 0 Å². The summed E-state index contributed by atoms with van der Waals surface area (Å²) in [5, 5.41) is 8.61. The molecule has 0 atom stereocenters. The zero-order valence-electron chi connectivity index (χ0n) is 13.9. The highest BCUT2D eigenvalue weighted by molar-refractivity contribution is 5.95. The van der Waals surface area contributed by atoms with Crippen LogP contribution >= 0.6 is 0 Å². The molecule has 0 aliphatic carbocycles. The van der Waals surface area contributed by atoms with E-state index >= 15 is 0 Å². The molecule has 128 valence electrons. The van der Waals surface area contributed by atoms with Crippen molar-refractivity contribution in [2.45, 2.75) is 13.0 Å². The molecule has 0 heterocycles. The third kappa shape index (κ3) is 4.82. The first-order valence-electron chi connectivity index (χ1n) is 7.76. The van der Waals surface area contributed by atoms with E-state index in [1.165, 1.54) is 4.90 Å². The van der Waals surface area contributed by atoms with Gasteiger partial charge < -0.3 is 15.4 Å². The van der Waals surface area contributed by atoms with Crippen LogP contribution in [0.25, 0.3) is 0 Å². The highest BCUT2D eigenvalue weighted by atomic mass is 16.5. The highest BCUT2D eigenvalue weighted by Crippen LogP contribution is 2.19. The number of amides is 2. The van der Waals surface area contributed by atoms with Gasteiger partial charge in [0, 0.05) is 19.2 Å². The number of rotatable bonds is 7. The summed E-state index contributed by atoms with van der Waals surface area (Å²) in [5.74, 6) is -0.314. The molecule has 2 amide bonds. The van der Waals surface area contributed by atoms with Crippen molar-refractivity contribution >= 4 is 11.8 Å². The summed E-state index contributed by atoms with van der Waals surface area (Å²) in [6.45, 7) is 0.579. The third-order valence-electron chi connectivity index (χ3n) is 3.63. The number of benzene rings is 2. The Morgan fingerprint density at radius 3 is 2.68 bits per heavy atom. The first-order chi connectivity index (χ1) is 12.0. The smallest absolute Gasteiger partial charge is 0.253 e. The molecule has 0 saturated carbocycles. The minimum atomic E-state index is -0.557. The average Bonchev–Trinajstić information content (AvgIpc) is 2.64. The van der Waals surface area contributed by atoms with E-state index in [4.69, 9.17) is 15.7 Å². The molecule has 0 aliphatic rings. The molecule has 6 heteroatoms. The molecule has 0 spiro atoms. The lowest BCUT2D eigenvalue weighted by molar-refractivity contribution is 0.0797. The van der Waals surface area contributed by atoms with Gasteiger partial charge >= 0.3 is 0 Å². The van der Waals surface area contributed by atoms with E-state index in [0.29, 0.717) is 23.4 Å². The average molecular weight is 337 g/mol. The predicted octanol–water partition coefficient (Wildman–Crippen LogP) is 2.35. The molecular formula is C19H19N3O3. The maximum absolute atomic E-state index is 12.3.